The molecule has 1 N–H and O–H groups in total. The third kappa shape index (κ3) is 9.66. The summed E-state index contributed by atoms with van der Waals surface area (Å²) >= 11 is 0. The van der Waals surface area contributed by atoms with Crippen LogP contribution in [-0.4, -0.2) is 47.2 Å². The van der Waals surface area contributed by atoms with Gasteiger partial charge in [0.25, 0.3) is 11.5 Å². The Morgan fingerprint density at radius 2 is 1.45 bits per heavy atom. The molecule has 6 nitrogen and oxygen atoms in total. The summed E-state index contributed by atoms with van der Waals surface area (Å²) in [7, 11) is 4.15. The smallest absolute Gasteiger partial charge is 0.294 e. The van der Waals surface area contributed by atoms with Gasteiger partial charge in [-0.25, -0.2) is 9.66 Å². The number of carbonyl (C=O) groups excluding carboxylic acids is 1. The minimum Gasteiger partial charge on any atom is -0.321 e. The molecule has 1 amide bonds. The highest BCUT2D eigenvalue weighted by molar-refractivity contribution is 5.85. The number of nitrogens with one attached hydrogen (secondary N) is 1. The first kappa shape index (κ1) is 27.0. The molecule has 6 heteroatoms. The molecule has 0 bridgehead atoms. The van der Waals surface area contributed by atoms with E-state index in [2.05, 4.69) is 31.4 Å². The van der Waals surface area contributed by atoms with Gasteiger partial charge in [-0.3, -0.25) is 15.0 Å². The molecule has 0 aliphatic carbocycles. The number of unbranched alkanes of at least 4 members (excludes halogenated alkanes) is 11. The Kier molecular flexibility index (Phi) is 11.6. The molecule has 1 aromatic carbocycles. The van der Waals surface area contributed by atoms with Crippen molar-refractivity contribution in [1.29, 1.82) is 0 Å². The molecule has 0 aliphatic rings. The molecule has 0 unspecified atom stereocenters. The number of aromatic nitrogens is 2. The van der Waals surface area contributed by atoms with Crippen molar-refractivity contribution in [2.45, 2.75) is 90.9 Å². The van der Waals surface area contributed by atoms with Crippen LogP contribution in [0.2, 0.25) is 0 Å². The summed E-state index contributed by atoms with van der Waals surface area (Å²) in [4.78, 5) is 29.9. The Bertz CT molecular complexity index is 920. The number of carbonyl (C=O) groups is 1. The van der Waals surface area contributed by atoms with E-state index < -0.39 is 0 Å². The summed E-state index contributed by atoms with van der Waals surface area (Å²) in [5, 5.41) is 0.508. The summed E-state index contributed by atoms with van der Waals surface area (Å²) in [5.41, 5.74) is 3.17. The van der Waals surface area contributed by atoms with Gasteiger partial charge in [0.1, 0.15) is 5.82 Å². The van der Waals surface area contributed by atoms with Crippen molar-refractivity contribution < 1.29 is 9.28 Å². The van der Waals surface area contributed by atoms with Gasteiger partial charge in [0.15, 0.2) is 6.54 Å². The van der Waals surface area contributed by atoms with E-state index in [1.54, 1.807) is 13.0 Å². The van der Waals surface area contributed by atoms with Crippen molar-refractivity contribution in [3.8, 4) is 0 Å². The largest absolute Gasteiger partial charge is 0.321 e. The predicted molar refractivity (Wildman–Crippen MR) is 138 cm³/mol. The van der Waals surface area contributed by atoms with Crippen molar-refractivity contribution in [2.24, 2.45) is 0 Å². The first-order valence-corrected chi connectivity index (χ1v) is 12.9. The number of benzene rings is 1. The van der Waals surface area contributed by atoms with Crippen LogP contribution in [0.3, 0.4) is 0 Å². The van der Waals surface area contributed by atoms with E-state index in [0.29, 0.717) is 27.8 Å². The van der Waals surface area contributed by atoms with Crippen LogP contribution < -0.4 is 11.0 Å². The average Bonchev–Trinajstić information content (AvgIpc) is 2.77. The molecule has 33 heavy (non-hydrogen) atoms. The highest BCUT2D eigenvalue weighted by atomic mass is 16.2. The molecule has 0 saturated carbocycles. The second-order valence-electron chi connectivity index (χ2n) is 10.1. The summed E-state index contributed by atoms with van der Waals surface area (Å²) in [6.45, 7) is 5.29. The Morgan fingerprint density at radius 1 is 0.909 bits per heavy atom. The Hall–Kier alpha value is -2.21. The van der Waals surface area contributed by atoms with Crippen molar-refractivity contribution in [3.63, 3.8) is 0 Å². The molecule has 1 aromatic heterocycles. The maximum absolute atomic E-state index is 12.8. The van der Waals surface area contributed by atoms with Gasteiger partial charge in [0.05, 0.1) is 31.5 Å². The van der Waals surface area contributed by atoms with Crippen molar-refractivity contribution >= 4 is 16.8 Å². The van der Waals surface area contributed by atoms with Crippen molar-refractivity contribution in [2.75, 3.05) is 32.6 Å². The Balaban J connectivity index is 1.66. The predicted octanol–water partition coefficient (Wildman–Crippen LogP) is 5.55. The monoisotopic (exact) mass is 457 g/mol. The standard InChI is InChI=1S/C27H44N4O2/c1-5-6-7-8-9-10-11-12-13-14-15-18-21-31(3,4)22-26(32)29-30-23(2)28-25-20-17-16-19-24(25)27(30)33/h16-17,19-20H,5-15,18,21-22H2,1-4H3/p+1. The molecule has 184 valence electrons. The second kappa shape index (κ2) is 14.1. The number of aryl methyl sites for hydroxylation is 1. The summed E-state index contributed by atoms with van der Waals surface area (Å²) < 4.78 is 1.88. The fraction of sp³-hybridized carbons (Fsp3) is 0.667. The molecule has 0 aliphatic heterocycles. The first-order chi connectivity index (χ1) is 15.8. The van der Waals surface area contributed by atoms with Gasteiger partial charge in [-0.2, -0.15) is 0 Å². The third-order valence-corrected chi connectivity index (χ3v) is 6.37. The summed E-state index contributed by atoms with van der Waals surface area (Å²) in [6.07, 6.45) is 15.9. The van der Waals surface area contributed by atoms with Gasteiger partial charge >= 0.3 is 0 Å². The summed E-state index contributed by atoms with van der Waals surface area (Å²) in [5.74, 6) is 0.319. The quantitative estimate of drug-likeness (QED) is 0.265. The molecule has 2 aromatic rings. The van der Waals surface area contributed by atoms with Crippen molar-refractivity contribution in [3.05, 3.63) is 40.4 Å². The number of quaternary nitrogens is 1. The topological polar surface area (TPSA) is 64.0 Å². The number of rotatable bonds is 16. The highest BCUT2D eigenvalue weighted by Gasteiger charge is 2.21. The highest BCUT2D eigenvalue weighted by Crippen LogP contribution is 2.13. The maximum Gasteiger partial charge on any atom is 0.294 e. The van der Waals surface area contributed by atoms with Crippen LogP contribution in [0.5, 0.6) is 0 Å². The normalized spacial score (nSPS) is 11.8. The van der Waals surface area contributed by atoms with Gasteiger partial charge in [0.2, 0.25) is 0 Å². The number of likely N-dealkylation sites (N-methyl/N-ethyl adjacent to an activating group) is 1. The maximum atomic E-state index is 12.8. The lowest BCUT2D eigenvalue weighted by Crippen LogP contribution is -2.48. The molecule has 1 heterocycles. The van der Waals surface area contributed by atoms with E-state index in [-0.39, 0.29) is 11.5 Å². The van der Waals surface area contributed by atoms with E-state index in [0.717, 1.165) is 13.0 Å². The van der Waals surface area contributed by atoms with E-state index in [4.69, 9.17) is 0 Å². The van der Waals surface area contributed by atoms with Crippen LogP contribution in [0, 0.1) is 6.92 Å². The number of para-hydroxylation sites is 1. The van der Waals surface area contributed by atoms with Gasteiger partial charge < -0.3 is 4.48 Å². The van der Waals surface area contributed by atoms with E-state index >= 15 is 0 Å². The third-order valence-electron chi connectivity index (χ3n) is 6.37. The van der Waals surface area contributed by atoms with Crippen LogP contribution in [0.25, 0.3) is 10.9 Å². The van der Waals surface area contributed by atoms with Crippen LogP contribution in [0.4, 0.5) is 0 Å². The zero-order valence-electron chi connectivity index (χ0n) is 21.4. The van der Waals surface area contributed by atoms with E-state index in [1.807, 2.05) is 18.2 Å². The lowest BCUT2D eigenvalue weighted by molar-refractivity contribution is -0.882. The van der Waals surface area contributed by atoms with Crippen LogP contribution in [0.1, 0.15) is 89.8 Å². The van der Waals surface area contributed by atoms with Crippen LogP contribution >= 0.6 is 0 Å². The molecule has 0 saturated heterocycles. The number of amides is 1. The Morgan fingerprint density at radius 3 is 2.06 bits per heavy atom. The summed E-state index contributed by atoms with van der Waals surface area (Å²) in [6, 6.07) is 7.21. The molecule has 0 atom stereocenters. The number of hydrogen-bond acceptors (Lipinski definition) is 3. The van der Waals surface area contributed by atoms with Gasteiger partial charge in [0, 0.05) is 0 Å². The van der Waals surface area contributed by atoms with Gasteiger partial charge in [-0.15, -0.1) is 0 Å². The number of fused-ring (bicyclic) bond motifs is 1. The molecular formula is C27H45N4O2+. The van der Waals surface area contributed by atoms with Gasteiger partial charge in [-0.1, -0.05) is 83.3 Å². The zero-order chi connectivity index (χ0) is 24.1. The minimum atomic E-state index is -0.238. The number of nitrogens with zero attached hydrogens (tertiary/aromatic N) is 3. The molecule has 0 fully saturated rings. The fourth-order valence-corrected chi connectivity index (χ4v) is 4.38. The molecular weight excluding hydrogens is 412 g/mol. The average molecular weight is 458 g/mol. The molecule has 0 radical (unpaired) electrons. The molecule has 0 spiro atoms. The van der Waals surface area contributed by atoms with E-state index in [1.165, 1.54) is 75.3 Å². The minimum absolute atomic E-state index is 0.166. The Labute approximate surface area is 200 Å². The fourth-order valence-electron chi connectivity index (χ4n) is 4.38. The van der Waals surface area contributed by atoms with Crippen molar-refractivity contribution in [1.82, 2.24) is 9.66 Å². The van der Waals surface area contributed by atoms with Crippen LogP contribution in [0.15, 0.2) is 29.1 Å². The number of hydrogen-bond donors (Lipinski definition) is 1. The van der Waals surface area contributed by atoms with Gasteiger partial charge in [-0.05, 0) is 31.9 Å². The second-order valence-corrected chi connectivity index (χ2v) is 10.1. The van der Waals surface area contributed by atoms with Crippen LogP contribution in [-0.2, 0) is 4.79 Å². The first-order valence-electron chi connectivity index (χ1n) is 12.9. The SMILES string of the molecule is CCCCCCCCCCCCCC[N+](C)(C)CC(=O)Nn1c(C)nc2ccccc2c1=O. The zero-order valence-corrected chi connectivity index (χ0v) is 21.4. The lowest BCUT2D eigenvalue weighted by Gasteiger charge is -2.29. The molecule has 2 rings (SSSR count). The lowest BCUT2D eigenvalue weighted by atomic mass is 10.1. The van der Waals surface area contributed by atoms with E-state index in [9.17, 15) is 9.59 Å².